The van der Waals surface area contributed by atoms with Gasteiger partial charge in [0, 0.05) is 6.20 Å². The fourth-order valence-corrected chi connectivity index (χ4v) is 3.28. The van der Waals surface area contributed by atoms with E-state index in [0.717, 1.165) is 6.20 Å². The van der Waals surface area contributed by atoms with E-state index in [-0.39, 0.29) is 25.2 Å². The molecule has 2 aromatic rings. The number of aromatic nitrogens is 1. The summed E-state index contributed by atoms with van der Waals surface area (Å²) in [7, 11) is -3.90. The van der Waals surface area contributed by atoms with Crippen LogP contribution in [0.4, 0.5) is 10.1 Å². The topological polar surface area (TPSA) is 59.1 Å². The molecule has 0 aliphatic heterocycles. The van der Waals surface area contributed by atoms with E-state index in [1.54, 1.807) is 6.92 Å². The smallest absolute Gasteiger partial charge is 0.263 e. The number of halogens is 4. The number of sulfonamides is 1. The first-order chi connectivity index (χ1) is 9.70. The molecule has 0 aliphatic carbocycles. The molecule has 0 saturated heterocycles. The van der Waals surface area contributed by atoms with E-state index in [4.69, 9.17) is 23.2 Å². The summed E-state index contributed by atoms with van der Waals surface area (Å²) >= 11 is 14.4. The second-order valence-electron chi connectivity index (χ2n) is 4.13. The van der Waals surface area contributed by atoms with Crippen LogP contribution in [0, 0.1) is 12.7 Å². The average molecular weight is 414 g/mol. The molecule has 4 nitrogen and oxygen atoms in total. The fourth-order valence-electron chi connectivity index (χ4n) is 1.51. The van der Waals surface area contributed by atoms with Crippen molar-refractivity contribution in [1.82, 2.24) is 4.98 Å². The lowest BCUT2D eigenvalue weighted by atomic mass is 10.2. The molecule has 1 aromatic heterocycles. The summed E-state index contributed by atoms with van der Waals surface area (Å²) in [5.74, 6) is -0.480. The summed E-state index contributed by atoms with van der Waals surface area (Å²) in [6.07, 6.45) is 1.09. The Hall–Kier alpha value is -0.890. The van der Waals surface area contributed by atoms with Crippen molar-refractivity contribution in [3.63, 3.8) is 0 Å². The Labute approximate surface area is 139 Å². The number of nitrogens with zero attached hydrogens (tertiary/aromatic N) is 1. The summed E-state index contributed by atoms with van der Waals surface area (Å²) < 4.78 is 40.4. The van der Waals surface area contributed by atoms with Crippen LogP contribution >= 0.6 is 39.1 Å². The van der Waals surface area contributed by atoms with Crippen LogP contribution in [0.3, 0.4) is 0 Å². The number of pyridine rings is 1. The third-order valence-corrected chi connectivity index (χ3v) is 5.22. The SMILES string of the molecule is Cc1cc(F)c(Br)cc1NS(=O)(=O)c1cnc(Cl)c(Cl)c1. The molecule has 112 valence electrons. The van der Waals surface area contributed by atoms with Crippen molar-refractivity contribution in [2.75, 3.05) is 4.72 Å². The first-order valence-electron chi connectivity index (χ1n) is 5.50. The third-order valence-electron chi connectivity index (χ3n) is 2.59. The molecule has 0 aliphatic rings. The number of benzene rings is 1. The van der Waals surface area contributed by atoms with Gasteiger partial charge >= 0.3 is 0 Å². The van der Waals surface area contributed by atoms with Gasteiger partial charge in [0.05, 0.1) is 15.2 Å². The maximum Gasteiger partial charge on any atom is 0.263 e. The molecule has 1 heterocycles. The molecular formula is C12H8BrCl2FN2O2S. The number of hydrogen-bond acceptors (Lipinski definition) is 3. The Morgan fingerprint density at radius 3 is 2.57 bits per heavy atom. The van der Waals surface area contributed by atoms with Crippen LogP contribution in [-0.2, 0) is 10.0 Å². The quantitative estimate of drug-likeness (QED) is 0.758. The van der Waals surface area contributed by atoms with Gasteiger partial charge in [0.2, 0.25) is 0 Å². The molecule has 9 heteroatoms. The molecule has 1 N–H and O–H groups in total. The number of anilines is 1. The van der Waals surface area contributed by atoms with Gasteiger partial charge < -0.3 is 0 Å². The molecule has 0 saturated carbocycles. The highest BCUT2D eigenvalue weighted by Crippen LogP contribution is 2.27. The summed E-state index contributed by atoms with van der Waals surface area (Å²) in [6, 6.07) is 3.75. The van der Waals surface area contributed by atoms with Crippen LogP contribution in [0.5, 0.6) is 0 Å². The van der Waals surface area contributed by atoms with Crippen molar-refractivity contribution in [3.05, 3.63) is 50.4 Å². The zero-order valence-corrected chi connectivity index (χ0v) is 14.4. The summed E-state index contributed by atoms with van der Waals surface area (Å²) in [5.41, 5.74) is 0.682. The highest BCUT2D eigenvalue weighted by Gasteiger charge is 2.18. The molecule has 0 amide bonds. The van der Waals surface area contributed by atoms with Gasteiger partial charge in [-0.3, -0.25) is 4.72 Å². The van der Waals surface area contributed by atoms with Crippen LogP contribution in [0.1, 0.15) is 5.56 Å². The Bertz CT molecular complexity index is 815. The van der Waals surface area contributed by atoms with E-state index in [0.29, 0.717) is 5.56 Å². The van der Waals surface area contributed by atoms with Crippen molar-refractivity contribution >= 4 is 54.8 Å². The lowest BCUT2D eigenvalue weighted by Gasteiger charge is -2.11. The second kappa shape index (κ2) is 6.08. The molecule has 0 atom stereocenters. The molecule has 0 fully saturated rings. The Kier molecular flexibility index (Phi) is 4.77. The molecule has 1 aromatic carbocycles. The minimum absolute atomic E-state index is 0.0105. The van der Waals surface area contributed by atoms with Gasteiger partial charge in [-0.05, 0) is 46.6 Å². The highest BCUT2D eigenvalue weighted by atomic mass is 79.9. The largest absolute Gasteiger partial charge is 0.279 e. The third kappa shape index (κ3) is 3.66. The molecule has 0 bridgehead atoms. The summed E-state index contributed by atoms with van der Waals surface area (Å²) in [4.78, 5) is 3.54. The van der Waals surface area contributed by atoms with Crippen LogP contribution in [0.2, 0.25) is 10.2 Å². The number of rotatable bonds is 3. The van der Waals surface area contributed by atoms with Gasteiger partial charge in [0.1, 0.15) is 15.9 Å². The predicted octanol–water partition coefficient (Wildman–Crippen LogP) is 4.40. The average Bonchev–Trinajstić information content (AvgIpc) is 2.39. The monoisotopic (exact) mass is 412 g/mol. The van der Waals surface area contributed by atoms with Gasteiger partial charge in [-0.25, -0.2) is 17.8 Å². The maximum absolute atomic E-state index is 13.3. The molecule has 0 unspecified atom stereocenters. The van der Waals surface area contributed by atoms with E-state index in [9.17, 15) is 12.8 Å². The molecule has 21 heavy (non-hydrogen) atoms. The van der Waals surface area contributed by atoms with Gasteiger partial charge in [-0.15, -0.1) is 0 Å². The summed E-state index contributed by atoms with van der Waals surface area (Å²) in [6.45, 7) is 1.58. The predicted molar refractivity (Wildman–Crippen MR) is 83.9 cm³/mol. The van der Waals surface area contributed by atoms with Gasteiger partial charge in [0.15, 0.2) is 0 Å². The van der Waals surface area contributed by atoms with Gasteiger partial charge in [-0.2, -0.15) is 0 Å². The molecule has 0 radical (unpaired) electrons. The van der Waals surface area contributed by atoms with E-state index in [1.165, 1.54) is 18.2 Å². The van der Waals surface area contributed by atoms with Gasteiger partial charge in [-0.1, -0.05) is 23.2 Å². The minimum Gasteiger partial charge on any atom is -0.279 e. The van der Waals surface area contributed by atoms with Crippen molar-refractivity contribution in [1.29, 1.82) is 0 Å². The Morgan fingerprint density at radius 2 is 1.95 bits per heavy atom. The van der Waals surface area contributed by atoms with E-state index < -0.39 is 15.8 Å². The van der Waals surface area contributed by atoms with Crippen LogP contribution in [0.25, 0.3) is 0 Å². The lowest BCUT2D eigenvalue weighted by Crippen LogP contribution is -2.14. The fraction of sp³-hybridized carbons (Fsp3) is 0.0833. The van der Waals surface area contributed by atoms with Crippen LogP contribution in [0.15, 0.2) is 33.8 Å². The Morgan fingerprint density at radius 1 is 1.29 bits per heavy atom. The van der Waals surface area contributed by atoms with Gasteiger partial charge in [0.25, 0.3) is 10.0 Å². The molecule has 2 rings (SSSR count). The first kappa shape index (κ1) is 16.5. The van der Waals surface area contributed by atoms with Crippen molar-refractivity contribution in [2.24, 2.45) is 0 Å². The zero-order chi connectivity index (χ0) is 15.8. The number of hydrogen-bond donors (Lipinski definition) is 1. The summed E-state index contributed by atoms with van der Waals surface area (Å²) in [5, 5.41) is 0.0351. The molecular weight excluding hydrogens is 406 g/mol. The first-order valence-corrected chi connectivity index (χ1v) is 8.53. The van der Waals surface area contributed by atoms with Crippen molar-refractivity contribution in [3.8, 4) is 0 Å². The maximum atomic E-state index is 13.3. The standard InChI is InChI=1S/C12H8BrCl2FN2O2S/c1-6-2-10(16)8(13)4-11(6)18-21(19,20)7-3-9(14)12(15)17-5-7/h2-5,18H,1H3. The lowest BCUT2D eigenvalue weighted by molar-refractivity contribution is 0.600. The van der Waals surface area contributed by atoms with E-state index in [2.05, 4.69) is 25.6 Å². The van der Waals surface area contributed by atoms with E-state index >= 15 is 0 Å². The number of aryl methyl sites for hydroxylation is 1. The normalized spacial score (nSPS) is 11.5. The Balaban J connectivity index is 2.42. The highest BCUT2D eigenvalue weighted by molar-refractivity contribution is 9.10. The van der Waals surface area contributed by atoms with E-state index in [1.807, 2.05) is 0 Å². The molecule has 0 spiro atoms. The van der Waals surface area contributed by atoms with Crippen molar-refractivity contribution in [2.45, 2.75) is 11.8 Å². The zero-order valence-electron chi connectivity index (χ0n) is 10.5. The van der Waals surface area contributed by atoms with Crippen LogP contribution in [-0.4, -0.2) is 13.4 Å². The van der Waals surface area contributed by atoms with Crippen molar-refractivity contribution < 1.29 is 12.8 Å². The second-order valence-corrected chi connectivity index (χ2v) is 7.43. The van der Waals surface area contributed by atoms with Crippen LogP contribution < -0.4 is 4.72 Å². The number of nitrogens with one attached hydrogen (secondary N) is 1. The minimum atomic E-state index is -3.90.